The third kappa shape index (κ3) is 4.26. The van der Waals surface area contributed by atoms with Gasteiger partial charge in [-0.3, -0.25) is 0 Å². The van der Waals surface area contributed by atoms with Crippen LogP contribution in [0.2, 0.25) is 0 Å². The summed E-state index contributed by atoms with van der Waals surface area (Å²) in [6.45, 7) is 6.01. The minimum Gasteiger partial charge on any atom is -0.490 e. The van der Waals surface area contributed by atoms with Crippen molar-refractivity contribution >= 4 is 23.2 Å². The molecule has 4 rings (SSSR count). The molecule has 2 heterocycles. The largest absolute Gasteiger partial charge is 0.490 e. The summed E-state index contributed by atoms with van der Waals surface area (Å²) in [5.74, 6) is 0.962. The van der Waals surface area contributed by atoms with Gasteiger partial charge in [0.05, 0.1) is 6.10 Å². The number of nitrogens with two attached hydrogens (primary N) is 1. The fraction of sp³-hybridized carbons (Fsp3) is 0.435. The van der Waals surface area contributed by atoms with E-state index in [4.69, 9.17) is 15.2 Å². The van der Waals surface area contributed by atoms with Gasteiger partial charge in [-0.25, -0.2) is 4.79 Å². The number of hydrogen-bond donors (Lipinski definition) is 1. The number of benzene rings is 2. The first-order chi connectivity index (χ1) is 14.0. The van der Waals surface area contributed by atoms with Crippen LogP contribution in [0.15, 0.2) is 42.5 Å². The van der Waals surface area contributed by atoms with Crippen LogP contribution in [0.25, 0.3) is 0 Å². The van der Waals surface area contributed by atoms with Gasteiger partial charge in [0.2, 0.25) is 0 Å². The zero-order valence-corrected chi connectivity index (χ0v) is 17.1. The lowest BCUT2D eigenvalue weighted by atomic mass is 10.1. The van der Waals surface area contributed by atoms with Crippen molar-refractivity contribution in [1.82, 2.24) is 4.90 Å². The van der Waals surface area contributed by atoms with Crippen LogP contribution in [0.4, 0.5) is 21.9 Å². The summed E-state index contributed by atoms with van der Waals surface area (Å²) >= 11 is 0. The molecular formula is C23H29N3O3. The van der Waals surface area contributed by atoms with Crippen LogP contribution in [0.1, 0.15) is 32.3 Å². The Morgan fingerprint density at radius 1 is 1.07 bits per heavy atom. The van der Waals surface area contributed by atoms with Crippen LogP contribution in [0.3, 0.4) is 0 Å². The van der Waals surface area contributed by atoms with Gasteiger partial charge in [0, 0.05) is 55.1 Å². The normalized spacial score (nSPS) is 16.8. The number of fused-ring (bicyclic) bond motifs is 1. The van der Waals surface area contributed by atoms with Crippen LogP contribution in [-0.4, -0.2) is 42.8 Å². The number of ether oxygens (including phenoxy) is 2. The van der Waals surface area contributed by atoms with Gasteiger partial charge in [-0.2, -0.15) is 0 Å². The Balaban J connectivity index is 1.41. The number of carbonyl (C=O) groups excluding carboxylic acids is 1. The Bertz CT molecular complexity index is 858. The van der Waals surface area contributed by atoms with Gasteiger partial charge < -0.3 is 25.0 Å². The van der Waals surface area contributed by atoms with Crippen molar-refractivity contribution in [3.8, 4) is 5.75 Å². The molecule has 1 saturated heterocycles. The van der Waals surface area contributed by atoms with Crippen molar-refractivity contribution in [2.45, 2.75) is 45.3 Å². The molecule has 2 N–H and O–H groups in total. The van der Waals surface area contributed by atoms with E-state index >= 15 is 0 Å². The molecule has 0 spiro atoms. The minimum atomic E-state index is -0.224. The average molecular weight is 396 g/mol. The summed E-state index contributed by atoms with van der Waals surface area (Å²) in [6, 6.07) is 14.3. The maximum Gasteiger partial charge on any atom is 0.410 e. The van der Waals surface area contributed by atoms with Gasteiger partial charge in [-0.1, -0.05) is 6.07 Å². The van der Waals surface area contributed by atoms with Crippen LogP contribution in [0, 0.1) is 0 Å². The fourth-order valence-electron chi connectivity index (χ4n) is 4.05. The fourth-order valence-corrected chi connectivity index (χ4v) is 4.05. The summed E-state index contributed by atoms with van der Waals surface area (Å²) in [6.07, 6.45) is 2.40. The van der Waals surface area contributed by atoms with E-state index in [1.54, 1.807) is 4.90 Å². The third-order valence-corrected chi connectivity index (χ3v) is 5.52. The van der Waals surface area contributed by atoms with Crippen molar-refractivity contribution < 1.29 is 14.3 Å². The Hall–Kier alpha value is -2.89. The van der Waals surface area contributed by atoms with E-state index in [0.29, 0.717) is 13.1 Å². The highest BCUT2D eigenvalue weighted by molar-refractivity contribution is 5.73. The van der Waals surface area contributed by atoms with Crippen molar-refractivity contribution in [3.63, 3.8) is 0 Å². The smallest absolute Gasteiger partial charge is 0.410 e. The molecule has 0 saturated carbocycles. The Labute approximate surface area is 172 Å². The first-order valence-corrected chi connectivity index (χ1v) is 10.4. The molecule has 6 heteroatoms. The van der Waals surface area contributed by atoms with Gasteiger partial charge in [-0.15, -0.1) is 0 Å². The molecule has 0 unspecified atom stereocenters. The van der Waals surface area contributed by atoms with E-state index in [-0.39, 0.29) is 18.3 Å². The lowest BCUT2D eigenvalue weighted by Crippen LogP contribution is -2.42. The van der Waals surface area contributed by atoms with Crippen LogP contribution in [0.5, 0.6) is 5.75 Å². The van der Waals surface area contributed by atoms with Gasteiger partial charge in [0.1, 0.15) is 11.9 Å². The molecule has 2 aliphatic heterocycles. The van der Waals surface area contributed by atoms with Crippen LogP contribution in [-0.2, 0) is 11.2 Å². The van der Waals surface area contributed by atoms with Crippen LogP contribution < -0.4 is 15.4 Å². The molecule has 2 aromatic rings. The Morgan fingerprint density at radius 2 is 1.79 bits per heavy atom. The number of nitrogen functional groups attached to an aromatic ring is 1. The highest BCUT2D eigenvalue weighted by atomic mass is 16.6. The number of piperidine rings is 1. The Kier molecular flexibility index (Phi) is 5.51. The summed E-state index contributed by atoms with van der Waals surface area (Å²) < 4.78 is 11.7. The molecule has 0 radical (unpaired) electrons. The molecule has 29 heavy (non-hydrogen) atoms. The number of rotatable bonds is 4. The number of nitrogens with zero attached hydrogens (tertiary/aromatic N) is 2. The Morgan fingerprint density at radius 3 is 2.48 bits per heavy atom. The van der Waals surface area contributed by atoms with Crippen LogP contribution >= 0.6 is 0 Å². The number of carbonyl (C=O) groups is 1. The highest BCUT2D eigenvalue weighted by Crippen LogP contribution is 2.40. The van der Waals surface area contributed by atoms with Gasteiger partial charge >= 0.3 is 6.09 Å². The first kappa shape index (κ1) is 19.4. The summed E-state index contributed by atoms with van der Waals surface area (Å²) in [7, 11) is 0. The van der Waals surface area contributed by atoms with E-state index in [2.05, 4.69) is 35.2 Å². The molecule has 2 aromatic carbocycles. The predicted molar refractivity (Wildman–Crippen MR) is 115 cm³/mol. The molecule has 6 nitrogen and oxygen atoms in total. The van der Waals surface area contributed by atoms with Crippen molar-refractivity contribution in [1.29, 1.82) is 0 Å². The molecule has 2 aliphatic rings. The maximum absolute atomic E-state index is 12.1. The second-order valence-corrected chi connectivity index (χ2v) is 7.98. The van der Waals surface area contributed by atoms with Gasteiger partial charge in [0.15, 0.2) is 0 Å². The SMILES string of the molecule is CC(C)OC(=O)N1CCC(Oc2cccc3c2CCN3c2ccc(N)cc2)CC1. The van der Waals surface area contributed by atoms with E-state index in [1.165, 1.54) is 11.3 Å². The summed E-state index contributed by atoms with van der Waals surface area (Å²) in [5.41, 5.74) is 10.2. The molecule has 0 aromatic heterocycles. The summed E-state index contributed by atoms with van der Waals surface area (Å²) in [5, 5.41) is 0. The van der Waals surface area contributed by atoms with E-state index in [9.17, 15) is 4.79 Å². The molecule has 1 amide bonds. The highest BCUT2D eigenvalue weighted by Gasteiger charge is 2.28. The lowest BCUT2D eigenvalue weighted by Gasteiger charge is -2.32. The van der Waals surface area contributed by atoms with Gasteiger partial charge in [-0.05, 0) is 56.7 Å². The monoisotopic (exact) mass is 395 g/mol. The maximum atomic E-state index is 12.1. The molecule has 0 aliphatic carbocycles. The zero-order chi connectivity index (χ0) is 20.4. The first-order valence-electron chi connectivity index (χ1n) is 10.4. The number of hydrogen-bond acceptors (Lipinski definition) is 5. The van der Waals surface area contributed by atoms with Crippen molar-refractivity contribution in [2.75, 3.05) is 30.3 Å². The summed E-state index contributed by atoms with van der Waals surface area (Å²) in [4.78, 5) is 16.2. The lowest BCUT2D eigenvalue weighted by molar-refractivity contribution is 0.0515. The number of amides is 1. The number of likely N-dealkylation sites (tertiary alicyclic amines) is 1. The predicted octanol–water partition coefficient (Wildman–Crippen LogP) is 4.35. The van der Waals surface area contributed by atoms with Crippen molar-refractivity contribution in [3.05, 3.63) is 48.0 Å². The number of anilines is 3. The van der Waals surface area contributed by atoms with E-state index in [0.717, 1.165) is 42.9 Å². The molecule has 1 fully saturated rings. The second kappa shape index (κ2) is 8.23. The molecule has 154 valence electrons. The second-order valence-electron chi connectivity index (χ2n) is 7.98. The third-order valence-electron chi connectivity index (χ3n) is 5.52. The minimum absolute atomic E-state index is 0.0904. The van der Waals surface area contributed by atoms with Gasteiger partial charge in [0.25, 0.3) is 0 Å². The quantitative estimate of drug-likeness (QED) is 0.780. The zero-order valence-electron chi connectivity index (χ0n) is 17.1. The van der Waals surface area contributed by atoms with E-state index < -0.39 is 0 Å². The average Bonchev–Trinajstić information content (AvgIpc) is 3.14. The molecular weight excluding hydrogens is 366 g/mol. The topological polar surface area (TPSA) is 68.0 Å². The van der Waals surface area contributed by atoms with E-state index in [1.807, 2.05) is 26.0 Å². The standard InChI is InChI=1S/C23H29N3O3/c1-16(2)28-23(27)25-13-10-19(11-14-25)29-22-5-3-4-21-20(22)12-15-26(21)18-8-6-17(24)7-9-18/h3-9,16,19H,10-15,24H2,1-2H3. The molecule has 0 bridgehead atoms. The molecule has 0 atom stereocenters. The van der Waals surface area contributed by atoms with Crippen molar-refractivity contribution in [2.24, 2.45) is 0 Å².